The molecule has 0 aliphatic carbocycles. The van der Waals surface area contributed by atoms with Gasteiger partial charge in [0.25, 0.3) is 5.91 Å². The Balaban J connectivity index is 1.58. The minimum Gasteiger partial charge on any atom is -0.616 e. The molecule has 4 rings (SSSR count). The summed E-state index contributed by atoms with van der Waals surface area (Å²) in [5.74, 6) is 0.574. The van der Waals surface area contributed by atoms with Crippen LogP contribution in [-0.2, 0) is 15.9 Å². The second-order valence-corrected chi connectivity index (χ2v) is 11.2. The predicted molar refractivity (Wildman–Crippen MR) is 123 cm³/mol. The van der Waals surface area contributed by atoms with Crippen LogP contribution >= 0.6 is 35.1 Å². The van der Waals surface area contributed by atoms with Crippen LogP contribution < -0.4 is 5.32 Å². The summed E-state index contributed by atoms with van der Waals surface area (Å²) in [4.78, 5) is 12.5. The van der Waals surface area contributed by atoms with Crippen molar-refractivity contribution < 1.29 is 22.5 Å². The molecule has 0 aromatic heterocycles. The van der Waals surface area contributed by atoms with Crippen molar-refractivity contribution in [3.63, 3.8) is 0 Å². The summed E-state index contributed by atoms with van der Waals surface area (Å²) in [6, 6.07) is 8.62. The van der Waals surface area contributed by atoms with Crippen LogP contribution in [0.5, 0.6) is 0 Å². The van der Waals surface area contributed by atoms with E-state index in [0.717, 1.165) is 0 Å². The zero-order valence-corrected chi connectivity index (χ0v) is 19.8. The lowest BCUT2D eigenvalue weighted by Gasteiger charge is -2.30. The summed E-state index contributed by atoms with van der Waals surface area (Å²) in [7, 11) is 0. The van der Waals surface area contributed by atoms with E-state index in [1.807, 2.05) is 0 Å². The van der Waals surface area contributed by atoms with Crippen molar-refractivity contribution in [2.75, 3.05) is 11.5 Å². The first-order chi connectivity index (χ1) is 15.0. The van der Waals surface area contributed by atoms with Crippen molar-refractivity contribution in [2.24, 2.45) is 4.40 Å². The van der Waals surface area contributed by atoms with Gasteiger partial charge in [-0.2, -0.15) is 13.2 Å². The first kappa shape index (κ1) is 23.8. The van der Waals surface area contributed by atoms with Crippen molar-refractivity contribution in [2.45, 2.75) is 30.3 Å². The molecule has 2 aromatic rings. The molecule has 32 heavy (non-hydrogen) atoms. The van der Waals surface area contributed by atoms with Gasteiger partial charge in [-0.1, -0.05) is 29.3 Å². The Bertz CT molecular complexity index is 1090. The minimum atomic E-state index is -4.60. The van der Waals surface area contributed by atoms with Crippen molar-refractivity contribution in [3.05, 3.63) is 68.7 Å². The molecule has 1 atom stereocenters. The van der Waals surface area contributed by atoms with Gasteiger partial charge in [-0.25, -0.2) is 4.40 Å². The Hall–Kier alpha value is -1.39. The van der Waals surface area contributed by atoms with Crippen molar-refractivity contribution in [1.29, 1.82) is 0 Å². The van der Waals surface area contributed by atoms with Crippen LogP contribution in [0.1, 0.15) is 33.5 Å². The fraction of sp³-hybridized carbons (Fsp3) is 0.333. The fourth-order valence-corrected chi connectivity index (χ4v) is 6.15. The number of carbonyl (C=O) groups excluding carboxylic acids is 1. The smallest absolute Gasteiger partial charge is 0.409 e. The number of nitrogens with one attached hydrogen (secondary N) is 1. The second kappa shape index (κ2) is 8.76. The van der Waals surface area contributed by atoms with Crippen LogP contribution in [0.25, 0.3) is 0 Å². The number of carbonyl (C=O) groups is 1. The molecule has 1 unspecified atom stereocenters. The highest BCUT2D eigenvalue weighted by Crippen LogP contribution is 2.57. The summed E-state index contributed by atoms with van der Waals surface area (Å²) in [5.41, 5.74) is 1.75. The maximum Gasteiger partial charge on any atom is 0.409 e. The topological polar surface area (TPSA) is 64.5 Å². The normalized spacial score (nSPS) is 25.3. The third-order valence-electron chi connectivity index (χ3n) is 5.43. The van der Waals surface area contributed by atoms with Gasteiger partial charge in [-0.15, -0.1) is 0 Å². The lowest BCUT2D eigenvalue weighted by molar-refractivity contribution is -0.159. The molecule has 11 heteroatoms. The first-order valence-electron chi connectivity index (χ1n) is 9.54. The molecule has 2 heterocycles. The molecule has 2 aromatic carbocycles. The van der Waals surface area contributed by atoms with Crippen molar-refractivity contribution >= 4 is 57.9 Å². The number of benzene rings is 2. The van der Waals surface area contributed by atoms with Crippen LogP contribution in [0.4, 0.5) is 13.2 Å². The molecule has 1 N–H and O–H groups in total. The highest BCUT2D eigenvalue weighted by molar-refractivity contribution is 7.99. The van der Waals surface area contributed by atoms with Crippen molar-refractivity contribution in [3.8, 4) is 0 Å². The van der Waals surface area contributed by atoms with Gasteiger partial charge in [0.1, 0.15) is 17.5 Å². The maximum atomic E-state index is 14.2. The largest absolute Gasteiger partial charge is 0.616 e. The fourth-order valence-electron chi connectivity index (χ4n) is 3.69. The third-order valence-corrected chi connectivity index (χ3v) is 8.65. The number of nitrogens with zero attached hydrogens (tertiary/aromatic N) is 1. The zero-order chi connectivity index (χ0) is 23.3. The average Bonchev–Trinajstić information content (AvgIpc) is 3.12. The van der Waals surface area contributed by atoms with Gasteiger partial charge in [0, 0.05) is 22.0 Å². The molecule has 2 aliphatic rings. The van der Waals surface area contributed by atoms with E-state index in [0.29, 0.717) is 40.1 Å². The first-order valence-corrected chi connectivity index (χ1v) is 12.6. The number of rotatable bonds is 4. The van der Waals surface area contributed by atoms with Crippen LogP contribution in [0.15, 0.2) is 40.8 Å². The molecule has 0 spiro atoms. The van der Waals surface area contributed by atoms with Gasteiger partial charge < -0.3 is 9.87 Å². The van der Waals surface area contributed by atoms with Crippen molar-refractivity contribution in [1.82, 2.24) is 5.32 Å². The average molecular weight is 521 g/mol. The summed E-state index contributed by atoms with van der Waals surface area (Å²) in [5, 5.41) is 3.05. The minimum absolute atomic E-state index is 0.0585. The maximum absolute atomic E-state index is 14.2. The van der Waals surface area contributed by atoms with Crippen LogP contribution in [-0.4, -0.2) is 39.9 Å². The number of aryl methyl sites for hydroxylation is 1. The number of alkyl halides is 3. The van der Waals surface area contributed by atoms with E-state index >= 15 is 0 Å². The molecular weight excluding hydrogens is 504 g/mol. The van der Waals surface area contributed by atoms with Gasteiger partial charge in [0.2, 0.25) is 0 Å². The Morgan fingerprint density at radius 3 is 2.44 bits per heavy atom. The van der Waals surface area contributed by atoms with E-state index in [1.54, 1.807) is 25.1 Å². The number of hydrogen-bond acceptors (Lipinski definition) is 4. The Labute approximate surface area is 200 Å². The highest BCUT2D eigenvalue weighted by Gasteiger charge is 2.60. The van der Waals surface area contributed by atoms with Gasteiger partial charge in [-0.05, 0) is 77.1 Å². The molecule has 1 fully saturated rings. The Kier molecular flexibility index (Phi) is 6.50. The van der Waals surface area contributed by atoms with E-state index in [9.17, 15) is 22.5 Å². The molecular formula is C21H17Cl2F3N2O2S2. The SMILES string of the molecule is Cc1cc(C2=NSC(c3cc(Cl)cc(Cl)c3)(C(F)(F)F)C2)ccc1C(=O)NC1C[S+]([O-])C1. The van der Waals surface area contributed by atoms with Crippen LogP contribution in [0.2, 0.25) is 10.0 Å². The second-order valence-electron chi connectivity index (χ2n) is 7.76. The molecule has 170 valence electrons. The van der Waals surface area contributed by atoms with Gasteiger partial charge in [0.05, 0.1) is 5.71 Å². The summed E-state index contributed by atoms with van der Waals surface area (Å²) < 4.78 is 55.8. The van der Waals surface area contributed by atoms with E-state index in [4.69, 9.17) is 23.2 Å². The van der Waals surface area contributed by atoms with Crippen LogP contribution in [0.3, 0.4) is 0 Å². The van der Waals surface area contributed by atoms with E-state index in [-0.39, 0.29) is 33.3 Å². The molecule has 0 saturated carbocycles. The summed E-state index contributed by atoms with van der Waals surface area (Å²) in [6.45, 7) is 1.72. The monoisotopic (exact) mass is 520 g/mol. The lowest BCUT2D eigenvalue weighted by Crippen LogP contribution is -2.53. The van der Waals surface area contributed by atoms with E-state index < -0.39 is 28.5 Å². The molecule has 1 amide bonds. The van der Waals surface area contributed by atoms with E-state index in [2.05, 4.69) is 9.71 Å². The Morgan fingerprint density at radius 2 is 1.88 bits per heavy atom. The number of amides is 1. The van der Waals surface area contributed by atoms with Crippen LogP contribution in [0, 0.1) is 6.92 Å². The van der Waals surface area contributed by atoms with Gasteiger partial charge in [-0.3, -0.25) is 4.79 Å². The molecule has 0 radical (unpaired) electrons. The molecule has 0 bridgehead atoms. The lowest BCUT2D eigenvalue weighted by atomic mass is 9.89. The standard InChI is InChI=1S/C21H17Cl2F3N2O2S2/c1-11-4-12(2-3-17(11)19(29)27-16-9-32(30)10-16)18-8-20(31-28-18,21(24,25)26)13-5-14(22)7-15(23)6-13/h2-7,16H,8-10H2,1H3,(H,27,29). The van der Waals surface area contributed by atoms with Gasteiger partial charge in [0.15, 0.2) is 4.75 Å². The Morgan fingerprint density at radius 1 is 1.22 bits per heavy atom. The highest BCUT2D eigenvalue weighted by atomic mass is 35.5. The van der Waals surface area contributed by atoms with E-state index in [1.165, 1.54) is 18.2 Å². The molecule has 4 nitrogen and oxygen atoms in total. The predicted octanol–water partition coefficient (Wildman–Crippen LogP) is 5.46. The third kappa shape index (κ3) is 4.50. The molecule has 2 aliphatic heterocycles. The van der Waals surface area contributed by atoms with Gasteiger partial charge >= 0.3 is 6.18 Å². The quantitative estimate of drug-likeness (QED) is 0.429. The molecule has 1 saturated heterocycles. The zero-order valence-electron chi connectivity index (χ0n) is 16.6. The number of hydrogen-bond donors (Lipinski definition) is 1. The summed E-state index contributed by atoms with van der Waals surface area (Å²) in [6.07, 6.45) is -4.99. The number of halogens is 5. The summed E-state index contributed by atoms with van der Waals surface area (Å²) >= 11 is 11.5.